The minimum absolute atomic E-state index is 0.0862. The molecule has 0 aromatic heterocycles. The van der Waals surface area contributed by atoms with E-state index in [4.69, 9.17) is 10.2 Å². The summed E-state index contributed by atoms with van der Waals surface area (Å²) in [7, 11) is 0. The molecule has 0 saturated heterocycles. The Labute approximate surface area is 117 Å². The molecule has 1 rings (SSSR count). The van der Waals surface area contributed by atoms with Crippen LogP contribution in [-0.2, 0) is 0 Å². The molecule has 4 nitrogen and oxygen atoms in total. The fourth-order valence-electron chi connectivity index (χ4n) is 1.77. The number of aliphatic hydroxyl groups is 2. The van der Waals surface area contributed by atoms with Crippen LogP contribution in [0.3, 0.4) is 0 Å². The first kappa shape index (κ1) is 16.2. The monoisotopic (exact) mass is 279 g/mol. The number of carbonyl (C=O) groups excluding carboxylic acids is 1. The van der Waals surface area contributed by atoms with E-state index < -0.39 is 11.7 Å². The highest BCUT2D eigenvalue weighted by Gasteiger charge is 2.21. The summed E-state index contributed by atoms with van der Waals surface area (Å²) < 4.78 is 13.8. The SMILES string of the molecule is CC(C)N(CCO)C(=O)c1cc(C#CCO)ccc1F. The van der Waals surface area contributed by atoms with E-state index in [1.165, 1.54) is 23.1 Å². The van der Waals surface area contributed by atoms with E-state index in [1.54, 1.807) is 13.8 Å². The van der Waals surface area contributed by atoms with Crippen LogP contribution in [-0.4, -0.2) is 46.8 Å². The molecule has 1 aromatic carbocycles. The average molecular weight is 279 g/mol. The lowest BCUT2D eigenvalue weighted by molar-refractivity contribution is 0.0660. The van der Waals surface area contributed by atoms with Gasteiger partial charge < -0.3 is 15.1 Å². The molecular formula is C15H18FNO3. The number of aliphatic hydroxyl groups excluding tert-OH is 2. The van der Waals surface area contributed by atoms with Gasteiger partial charge in [0.15, 0.2) is 0 Å². The fraction of sp³-hybridized carbons (Fsp3) is 0.400. The number of halogens is 1. The average Bonchev–Trinajstić information content (AvgIpc) is 2.42. The minimum atomic E-state index is -0.631. The van der Waals surface area contributed by atoms with Crippen molar-refractivity contribution in [1.29, 1.82) is 0 Å². The second kappa shape index (κ2) is 7.63. The smallest absolute Gasteiger partial charge is 0.257 e. The lowest BCUT2D eigenvalue weighted by Gasteiger charge is -2.26. The Morgan fingerprint density at radius 2 is 2.10 bits per heavy atom. The summed E-state index contributed by atoms with van der Waals surface area (Å²) in [6.45, 7) is 3.24. The Bertz CT molecular complexity index is 532. The Kier molecular flexibility index (Phi) is 6.16. The Morgan fingerprint density at radius 1 is 1.40 bits per heavy atom. The highest BCUT2D eigenvalue weighted by molar-refractivity contribution is 5.95. The molecule has 0 aliphatic carbocycles. The molecule has 108 valence electrons. The quantitative estimate of drug-likeness (QED) is 0.809. The molecule has 1 amide bonds. The number of nitrogens with zero attached hydrogens (tertiary/aromatic N) is 1. The number of hydrogen-bond acceptors (Lipinski definition) is 3. The van der Waals surface area contributed by atoms with Gasteiger partial charge in [-0.05, 0) is 32.0 Å². The van der Waals surface area contributed by atoms with Gasteiger partial charge in [-0.1, -0.05) is 11.8 Å². The lowest BCUT2D eigenvalue weighted by atomic mass is 10.1. The van der Waals surface area contributed by atoms with Crippen LogP contribution in [0.5, 0.6) is 0 Å². The first-order valence-electron chi connectivity index (χ1n) is 6.32. The summed E-state index contributed by atoms with van der Waals surface area (Å²) in [5.74, 6) is 3.96. The molecule has 0 aliphatic heterocycles. The maximum atomic E-state index is 13.8. The Balaban J connectivity index is 3.13. The molecule has 1 aromatic rings. The third kappa shape index (κ3) is 4.05. The van der Waals surface area contributed by atoms with Crippen LogP contribution in [0.15, 0.2) is 18.2 Å². The number of benzene rings is 1. The Morgan fingerprint density at radius 3 is 2.65 bits per heavy atom. The third-order valence-electron chi connectivity index (χ3n) is 2.73. The van der Waals surface area contributed by atoms with E-state index in [9.17, 15) is 9.18 Å². The van der Waals surface area contributed by atoms with Gasteiger partial charge in [0, 0.05) is 18.2 Å². The molecule has 5 heteroatoms. The second-order valence-electron chi connectivity index (χ2n) is 4.47. The van der Waals surface area contributed by atoms with E-state index in [0.717, 1.165) is 0 Å². The zero-order valence-corrected chi connectivity index (χ0v) is 11.6. The van der Waals surface area contributed by atoms with Gasteiger partial charge in [-0.3, -0.25) is 4.79 Å². The number of rotatable bonds is 4. The van der Waals surface area contributed by atoms with Crippen molar-refractivity contribution >= 4 is 5.91 Å². The molecule has 0 bridgehead atoms. The van der Waals surface area contributed by atoms with Crippen LogP contribution < -0.4 is 0 Å². The topological polar surface area (TPSA) is 60.8 Å². The van der Waals surface area contributed by atoms with Crippen LogP contribution in [0.1, 0.15) is 29.8 Å². The molecule has 0 heterocycles. The minimum Gasteiger partial charge on any atom is -0.395 e. The normalized spacial score (nSPS) is 10.1. The van der Waals surface area contributed by atoms with Crippen LogP contribution in [0.25, 0.3) is 0 Å². The van der Waals surface area contributed by atoms with Gasteiger partial charge in [0.1, 0.15) is 12.4 Å². The van der Waals surface area contributed by atoms with Crippen LogP contribution >= 0.6 is 0 Å². The van der Waals surface area contributed by atoms with Crippen molar-refractivity contribution in [1.82, 2.24) is 4.90 Å². The summed E-state index contributed by atoms with van der Waals surface area (Å²) in [5, 5.41) is 17.6. The standard InChI is InChI=1S/C15H18FNO3/c1-11(2)17(7-9-19)15(20)13-10-12(4-3-8-18)5-6-14(13)16/h5-6,10-11,18-19H,7-9H2,1-2H3. The molecule has 0 radical (unpaired) electrons. The molecule has 0 saturated carbocycles. The number of hydrogen-bond donors (Lipinski definition) is 2. The number of carbonyl (C=O) groups is 1. The van der Waals surface area contributed by atoms with E-state index >= 15 is 0 Å². The van der Waals surface area contributed by atoms with Crippen molar-refractivity contribution in [3.05, 3.63) is 35.1 Å². The van der Waals surface area contributed by atoms with Crippen molar-refractivity contribution in [3.63, 3.8) is 0 Å². The predicted octanol–water partition coefficient (Wildman–Crippen LogP) is 1.01. The summed E-state index contributed by atoms with van der Waals surface area (Å²) in [6, 6.07) is 3.82. The van der Waals surface area contributed by atoms with Crippen molar-refractivity contribution in [2.45, 2.75) is 19.9 Å². The maximum Gasteiger partial charge on any atom is 0.257 e. The zero-order valence-electron chi connectivity index (χ0n) is 11.6. The molecule has 20 heavy (non-hydrogen) atoms. The third-order valence-corrected chi connectivity index (χ3v) is 2.73. The highest BCUT2D eigenvalue weighted by Crippen LogP contribution is 2.14. The summed E-state index contributed by atoms with van der Waals surface area (Å²) in [5.41, 5.74) is 0.369. The number of amides is 1. The highest BCUT2D eigenvalue weighted by atomic mass is 19.1. The van der Waals surface area contributed by atoms with Crippen LogP contribution in [0, 0.1) is 17.7 Å². The molecule has 0 spiro atoms. The second-order valence-corrected chi connectivity index (χ2v) is 4.47. The van der Waals surface area contributed by atoms with Gasteiger partial charge in [-0.2, -0.15) is 0 Å². The van der Waals surface area contributed by atoms with Gasteiger partial charge in [-0.25, -0.2) is 4.39 Å². The molecule has 0 atom stereocenters. The first-order chi connectivity index (χ1) is 9.51. The Hall–Kier alpha value is -1.90. The van der Waals surface area contributed by atoms with E-state index in [2.05, 4.69) is 11.8 Å². The predicted molar refractivity (Wildman–Crippen MR) is 73.6 cm³/mol. The van der Waals surface area contributed by atoms with E-state index in [1.807, 2.05) is 0 Å². The van der Waals surface area contributed by atoms with E-state index in [0.29, 0.717) is 5.56 Å². The maximum absolute atomic E-state index is 13.8. The van der Waals surface area contributed by atoms with Gasteiger partial charge in [-0.15, -0.1) is 0 Å². The van der Waals surface area contributed by atoms with Crippen LogP contribution in [0.4, 0.5) is 4.39 Å². The molecular weight excluding hydrogens is 261 g/mol. The van der Waals surface area contributed by atoms with Crippen molar-refractivity contribution < 1.29 is 19.4 Å². The van der Waals surface area contributed by atoms with Gasteiger partial charge in [0.05, 0.1) is 12.2 Å². The lowest BCUT2D eigenvalue weighted by Crippen LogP contribution is -2.39. The van der Waals surface area contributed by atoms with Crippen molar-refractivity contribution in [3.8, 4) is 11.8 Å². The summed E-state index contributed by atoms with van der Waals surface area (Å²) >= 11 is 0. The molecule has 2 N–H and O–H groups in total. The van der Waals surface area contributed by atoms with Gasteiger partial charge in [0.25, 0.3) is 5.91 Å². The van der Waals surface area contributed by atoms with E-state index in [-0.39, 0.29) is 31.4 Å². The van der Waals surface area contributed by atoms with Gasteiger partial charge >= 0.3 is 0 Å². The largest absolute Gasteiger partial charge is 0.395 e. The molecule has 0 aliphatic rings. The zero-order chi connectivity index (χ0) is 15.1. The summed E-state index contributed by atoms with van der Waals surface area (Å²) in [4.78, 5) is 13.7. The van der Waals surface area contributed by atoms with Crippen molar-refractivity contribution in [2.24, 2.45) is 0 Å². The van der Waals surface area contributed by atoms with Crippen molar-refractivity contribution in [2.75, 3.05) is 19.8 Å². The fourth-order valence-corrected chi connectivity index (χ4v) is 1.77. The summed E-state index contributed by atoms with van der Waals surface area (Å²) in [6.07, 6.45) is 0. The van der Waals surface area contributed by atoms with Gasteiger partial charge in [0.2, 0.25) is 0 Å². The molecule has 0 unspecified atom stereocenters. The van der Waals surface area contributed by atoms with Crippen LogP contribution in [0.2, 0.25) is 0 Å². The first-order valence-corrected chi connectivity index (χ1v) is 6.32. The molecule has 0 fully saturated rings.